The van der Waals surface area contributed by atoms with Gasteiger partial charge in [-0.2, -0.15) is 0 Å². The van der Waals surface area contributed by atoms with Crippen molar-refractivity contribution in [1.82, 2.24) is 19.7 Å². The molecule has 3 rings (SSSR count). The number of thioether (sulfide) groups is 1. The second-order valence-corrected chi connectivity index (χ2v) is 7.43. The molecule has 0 spiro atoms. The monoisotopic (exact) mass is 385 g/mol. The van der Waals surface area contributed by atoms with Crippen LogP contribution in [0.5, 0.6) is 0 Å². The average Bonchev–Trinajstić information content (AvgIpc) is 3.21. The Bertz CT molecular complexity index is 888. The molecule has 6 nitrogen and oxygen atoms in total. The van der Waals surface area contributed by atoms with Gasteiger partial charge in [0.05, 0.1) is 12.1 Å². The Morgan fingerprint density at radius 1 is 1.35 bits per heavy atom. The minimum atomic E-state index is -0.0638. The molecule has 8 heteroatoms. The molecule has 0 aliphatic rings. The van der Waals surface area contributed by atoms with Crippen LogP contribution >= 0.6 is 23.1 Å². The van der Waals surface area contributed by atoms with Crippen LogP contribution in [0.25, 0.3) is 0 Å². The lowest BCUT2D eigenvalue weighted by molar-refractivity contribution is -0.115. The smallest absolute Gasteiger partial charge is 0.231 e. The summed E-state index contributed by atoms with van der Waals surface area (Å²) in [5, 5.41) is 14.8. The Kier molecular flexibility index (Phi) is 6.19. The number of para-hydroxylation sites is 1. The molecule has 2 heterocycles. The van der Waals surface area contributed by atoms with Crippen molar-refractivity contribution in [3.63, 3.8) is 0 Å². The van der Waals surface area contributed by atoms with Crippen LogP contribution in [-0.4, -0.2) is 25.7 Å². The summed E-state index contributed by atoms with van der Waals surface area (Å²) in [6.45, 7) is 6.37. The summed E-state index contributed by atoms with van der Waals surface area (Å²) in [5.74, 6) is 1.49. The normalized spacial score (nSPS) is 10.7. The third-order valence-corrected chi connectivity index (χ3v) is 5.43. The number of amides is 1. The highest BCUT2D eigenvalue weighted by Crippen LogP contribution is 2.23. The number of allylic oxidation sites excluding steroid dienone is 1. The third-order valence-electron chi connectivity index (χ3n) is 3.53. The SMILES string of the molecule is C=CCn1c(C)nnc1SCc1csc(CC(=O)Nc2ccccc2)n1. The minimum Gasteiger partial charge on any atom is -0.326 e. The van der Waals surface area contributed by atoms with E-state index in [2.05, 4.69) is 27.1 Å². The molecule has 1 aromatic carbocycles. The number of thiazole rings is 1. The summed E-state index contributed by atoms with van der Waals surface area (Å²) in [4.78, 5) is 16.7. The Morgan fingerprint density at radius 3 is 2.92 bits per heavy atom. The molecule has 1 N–H and O–H groups in total. The maximum absolute atomic E-state index is 12.1. The molecule has 0 unspecified atom stereocenters. The lowest BCUT2D eigenvalue weighted by Crippen LogP contribution is -2.14. The van der Waals surface area contributed by atoms with Gasteiger partial charge in [0.2, 0.25) is 5.91 Å². The highest BCUT2D eigenvalue weighted by atomic mass is 32.2. The van der Waals surface area contributed by atoms with E-state index in [0.29, 0.717) is 12.3 Å². The van der Waals surface area contributed by atoms with Crippen LogP contribution in [0.3, 0.4) is 0 Å². The number of anilines is 1. The summed E-state index contributed by atoms with van der Waals surface area (Å²) in [7, 11) is 0. The largest absolute Gasteiger partial charge is 0.326 e. The van der Waals surface area contributed by atoms with Gasteiger partial charge < -0.3 is 9.88 Å². The third kappa shape index (κ3) is 4.80. The van der Waals surface area contributed by atoms with Crippen LogP contribution in [0, 0.1) is 6.92 Å². The Hall–Kier alpha value is -2.45. The number of carbonyl (C=O) groups is 1. The lowest BCUT2D eigenvalue weighted by Gasteiger charge is -2.04. The number of hydrogen-bond acceptors (Lipinski definition) is 6. The van der Waals surface area contributed by atoms with Gasteiger partial charge >= 0.3 is 0 Å². The van der Waals surface area contributed by atoms with Crippen LogP contribution < -0.4 is 5.32 Å². The zero-order chi connectivity index (χ0) is 18.4. The van der Waals surface area contributed by atoms with E-state index in [-0.39, 0.29) is 12.3 Å². The fourth-order valence-corrected chi connectivity index (χ4v) is 4.09. The van der Waals surface area contributed by atoms with E-state index in [1.54, 1.807) is 11.8 Å². The van der Waals surface area contributed by atoms with E-state index >= 15 is 0 Å². The molecule has 0 aliphatic carbocycles. The molecule has 2 aromatic heterocycles. The van der Waals surface area contributed by atoms with Crippen LogP contribution in [0.4, 0.5) is 5.69 Å². The van der Waals surface area contributed by atoms with Crippen LogP contribution in [0.1, 0.15) is 16.5 Å². The molecule has 0 atom stereocenters. The van der Waals surface area contributed by atoms with E-state index in [1.165, 1.54) is 11.3 Å². The van der Waals surface area contributed by atoms with E-state index in [0.717, 1.165) is 27.4 Å². The minimum absolute atomic E-state index is 0.0638. The fourth-order valence-electron chi connectivity index (χ4n) is 2.31. The standard InChI is InChI=1S/C18H19N5OS2/c1-3-9-23-13(2)21-22-18(23)26-12-15-11-25-17(20-15)10-16(24)19-14-7-5-4-6-8-14/h3-8,11H,1,9-10,12H2,2H3,(H,19,24). The quantitative estimate of drug-likeness (QED) is 0.473. The molecular formula is C18H19N5OS2. The summed E-state index contributed by atoms with van der Waals surface area (Å²) >= 11 is 3.08. The van der Waals surface area contributed by atoms with E-state index in [9.17, 15) is 4.79 Å². The van der Waals surface area contributed by atoms with Gasteiger partial charge in [-0.3, -0.25) is 4.79 Å². The molecule has 0 aliphatic heterocycles. The maximum Gasteiger partial charge on any atom is 0.231 e. The van der Waals surface area contributed by atoms with E-state index in [4.69, 9.17) is 0 Å². The Balaban J connectivity index is 1.55. The molecule has 0 saturated heterocycles. The van der Waals surface area contributed by atoms with Gasteiger partial charge in [-0.25, -0.2) is 4.98 Å². The van der Waals surface area contributed by atoms with Crippen molar-refractivity contribution in [2.45, 2.75) is 30.8 Å². The molecule has 1 amide bonds. The van der Waals surface area contributed by atoms with Crippen molar-refractivity contribution in [3.8, 4) is 0 Å². The summed E-state index contributed by atoms with van der Waals surface area (Å²) < 4.78 is 2.01. The van der Waals surface area contributed by atoms with Gasteiger partial charge in [0.25, 0.3) is 0 Å². The Morgan fingerprint density at radius 2 is 2.15 bits per heavy atom. The van der Waals surface area contributed by atoms with Crippen molar-refractivity contribution < 1.29 is 4.79 Å². The van der Waals surface area contributed by atoms with Crippen LogP contribution in [-0.2, 0) is 23.5 Å². The molecule has 3 aromatic rings. The number of nitrogens with zero attached hydrogens (tertiary/aromatic N) is 4. The number of aryl methyl sites for hydroxylation is 1. The predicted molar refractivity (Wildman–Crippen MR) is 105 cm³/mol. The Labute approximate surface area is 160 Å². The van der Waals surface area contributed by atoms with Gasteiger partial charge in [-0.05, 0) is 19.1 Å². The highest BCUT2D eigenvalue weighted by molar-refractivity contribution is 7.98. The molecular weight excluding hydrogens is 366 g/mol. The predicted octanol–water partition coefficient (Wildman–Crippen LogP) is 3.70. The first-order valence-corrected chi connectivity index (χ1v) is 9.94. The number of nitrogens with one attached hydrogen (secondary N) is 1. The average molecular weight is 386 g/mol. The number of hydrogen-bond donors (Lipinski definition) is 1. The van der Waals surface area contributed by atoms with Crippen molar-refractivity contribution in [1.29, 1.82) is 0 Å². The topological polar surface area (TPSA) is 72.7 Å². The summed E-state index contributed by atoms with van der Waals surface area (Å²) in [6, 6.07) is 9.42. The van der Waals surface area contributed by atoms with Crippen molar-refractivity contribution in [2.75, 3.05) is 5.32 Å². The van der Waals surface area contributed by atoms with E-state index in [1.807, 2.05) is 53.3 Å². The van der Waals surface area contributed by atoms with Gasteiger partial charge in [0.15, 0.2) is 5.16 Å². The zero-order valence-corrected chi connectivity index (χ0v) is 16.0. The molecule has 0 bridgehead atoms. The molecule has 0 radical (unpaired) electrons. The van der Waals surface area contributed by atoms with Crippen molar-refractivity contribution in [2.24, 2.45) is 0 Å². The second-order valence-electron chi connectivity index (χ2n) is 5.54. The maximum atomic E-state index is 12.1. The van der Waals surface area contributed by atoms with Gasteiger partial charge in [-0.1, -0.05) is 36.0 Å². The van der Waals surface area contributed by atoms with Crippen molar-refractivity contribution in [3.05, 3.63) is 64.9 Å². The fraction of sp³-hybridized carbons (Fsp3) is 0.222. The first-order valence-electron chi connectivity index (χ1n) is 8.07. The summed E-state index contributed by atoms with van der Waals surface area (Å²) in [5.41, 5.74) is 1.73. The van der Waals surface area contributed by atoms with Crippen LogP contribution in [0.15, 0.2) is 53.5 Å². The first kappa shape index (κ1) is 18.3. The number of rotatable bonds is 8. The van der Waals surface area contributed by atoms with Gasteiger partial charge in [-0.15, -0.1) is 28.1 Å². The molecule has 0 fully saturated rings. The summed E-state index contributed by atoms with van der Waals surface area (Å²) in [6.07, 6.45) is 2.10. The van der Waals surface area contributed by atoms with Crippen molar-refractivity contribution >= 4 is 34.7 Å². The molecule has 134 valence electrons. The number of aromatic nitrogens is 4. The highest BCUT2D eigenvalue weighted by Gasteiger charge is 2.11. The zero-order valence-electron chi connectivity index (χ0n) is 14.4. The lowest BCUT2D eigenvalue weighted by atomic mass is 10.3. The number of benzene rings is 1. The molecule has 0 saturated carbocycles. The van der Waals surface area contributed by atoms with Crippen LogP contribution in [0.2, 0.25) is 0 Å². The molecule has 26 heavy (non-hydrogen) atoms. The van der Waals surface area contributed by atoms with E-state index < -0.39 is 0 Å². The van der Waals surface area contributed by atoms with Gasteiger partial charge in [0.1, 0.15) is 10.8 Å². The first-order chi connectivity index (χ1) is 12.7. The van der Waals surface area contributed by atoms with Gasteiger partial charge in [0, 0.05) is 23.4 Å². The second kappa shape index (κ2) is 8.77. The number of carbonyl (C=O) groups excluding carboxylic acids is 1.